The number of carbonyl (C=O) groups is 1. The summed E-state index contributed by atoms with van der Waals surface area (Å²) in [6, 6.07) is 16.7. The lowest BCUT2D eigenvalue weighted by atomic mass is 9.98. The van der Waals surface area contributed by atoms with Gasteiger partial charge >= 0.3 is 5.97 Å². The molecule has 0 saturated carbocycles. The Balaban J connectivity index is 1.72. The highest BCUT2D eigenvalue weighted by Gasteiger charge is 2.33. The maximum Gasteiger partial charge on any atom is 0.325 e. The first-order valence-electron chi connectivity index (χ1n) is 9.26. The first-order valence-corrected chi connectivity index (χ1v) is 9.26. The van der Waals surface area contributed by atoms with Crippen LogP contribution in [0.3, 0.4) is 0 Å². The highest BCUT2D eigenvalue weighted by molar-refractivity contribution is 5.77. The fourth-order valence-electron chi connectivity index (χ4n) is 3.71. The third kappa shape index (κ3) is 3.98. The van der Waals surface area contributed by atoms with E-state index < -0.39 is 17.8 Å². The van der Waals surface area contributed by atoms with Crippen molar-refractivity contribution in [3.05, 3.63) is 89.5 Å². The minimum Gasteiger partial charge on any atom is -0.492 e. The number of ether oxygens (including phenoxy) is 1. The van der Waals surface area contributed by atoms with E-state index in [2.05, 4.69) is 0 Å². The minimum absolute atomic E-state index is 0.293. The van der Waals surface area contributed by atoms with Crippen molar-refractivity contribution in [1.29, 1.82) is 0 Å². The Labute approximate surface area is 167 Å². The fourth-order valence-corrected chi connectivity index (χ4v) is 3.71. The molecule has 1 N–H and O–H groups in total. The Morgan fingerprint density at radius 1 is 1.03 bits per heavy atom. The van der Waals surface area contributed by atoms with E-state index >= 15 is 0 Å². The lowest BCUT2D eigenvalue weighted by Gasteiger charge is -2.27. The van der Waals surface area contributed by atoms with Gasteiger partial charge in [0.2, 0.25) is 0 Å². The molecule has 1 aliphatic rings. The van der Waals surface area contributed by atoms with E-state index in [1.54, 1.807) is 17.0 Å². The molecule has 0 aliphatic carbocycles. The molecule has 1 heterocycles. The summed E-state index contributed by atoms with van der Waals surface area (Å²) in [5, 5.41) is 9.90. The molecule has 0 fully saturated rings. The molecule has 3 aromatic rings. The molecular weight excluding hydrogens is 376 g/mol. The van der Waals surface area contributed by atoms with E-state index in [0.29, 0.717) is 31.0 Å². The average Bonchev–Trinajstić information content (AvgIpc) is 2.88. The molecular formula is C23H19F2NO3. The molecule has 1 aliphatic heterocycles. The predicted octanol–water partition coefficient (Wildman–Crippen LogP) is 4.65. The van der Waals surface area contributed by atoms with Gasteiger partial charge in [-0.15, -0.1) is 0 Å². The maximum atomic E-state index is 13.8. The van der Waals surface area contributed by atoms with Crippen LogP contribution in [0.15, 0.2) is 66.7 Å². The topological polar surface area (TPSA) is 49.8 Å². The van der Waals surface area contributed by atoms with Crippen LogP contribution < -0.4 is 4.74 Å². The zero-order chi connectivity index (χ0) is 20.4. The van der Waals surface area contributed by atoms with Crippen LogP contribution in [0.25, 0.3) is 11.1 Å². The van der Waals surface area contributed by atoms with Crippen LogP contribution in [0.2, 0.25) is 0 Å². The number of carboxylic acids is 1. The molecule has 148 valence electrons. The number of fused-ring (bicyclic) bond motifs is 1. The number of carboxylic acid groups (broad SMARTS) is 1. The maximum absolute atomic E-state index is 13.8. The third-order valence-corrected chi connectivity index (χ3v) is 5.05. The number of halogens is 2. The highest BCUT2D eigenvalue weighted by atomic mass is 19.1. The summed E-state index contributed by atoms with van der Waals surface area (Å²) in [7, 11) is 0. The van der Waals surface area contributed by atoms with Gasteiger partial charge in [0.25, 0.3) is 0 Å². The second-order valence-electron chi connectivity index (χ2n) is 6.91. The SMILES string of the molecule is O=C(O)C1c2cc(F)ccc2OCCN1Cc1ccccc1-c1ccc(F)cc1. The molecule has 3 aromatic carbocycles. The van der Waals surface area contributed by atoms with Crippen LogP contribution >= 0.6 is 0 Å². The van der Waals surface area contributed by atoms with Gasteiger partial charge in [0.15, 0.2) is 0 Å². The van der Waals surface area contributed by atoms with Crippen LogP contribution in [0.5, 0.6) is 5.75 Å². The van der Waals surface area contributed by atoms with Gasteiger partial charge in [0, 0.05) is 18.7 Å². The minimum atomic E-state index is -1.07. The van der Waals surface area contributed by atoms with Crippen molar-refractivity contribution in [2.24, 2.45) is 0 Å². The summed E-state index contributed by atoms with van der Waals surface area (Å²) < 4.78 is 32.8. The van der Waals surface area contributed by atoms with E-state index in [1.807, 2.05) is 24.3 Å². The Bertz CT molecular complexity index is 1040. The van der Waals surface area contributed by atoms with E-state index in [9.17, 15) is 18.7 Å². The lowest BCUT2D eigenvalue weighted by Crippen LogP contribution is -2.34. The molecule has 0 saturated heterocycles. The number of hydrogen-bond acceptors (Lipinski definition) is 3. The van der Waals surface area contributed by atoms with Gasteiger partial charge in [-0.05, 0) is 47.0 Å². The molecule has 4 rings (SSSR count). The average molecular weight is 395 g/mol. The van der Waals surface area contributed by atoms with Crippen LogP contribution in [0.4, 0.5) is 8.78 Å². The second-order valence-corrected chi connectivity index (χ2v) is 6.91. The lowest BCUT2D eigenvalue weighted by molar-refractivity contribution is -0.143. The predicted molar refractivity (Wildman–Crippen MR) is 105 cm³/mol. The zero-order valence-electron chi connectivity index (χ0n) is 15.5. The fraction of sp³-hybridized carbons (Fsp3) is 0.174. The number of aliphatic carboxylic acids is 1. The Morgan fingerprint density at radius 3 is 2.52 bits per heavy atom. The van der Waals surface area contributed by atoms with Crippen LogP contribution in [0, 0.1) is 11.6 Å². The molecule has 6 heteroatoms. The van der Waals surface area contributed by atoms with Gasteiger partial charge in [0.1, 0.15) is 30.0 Å². The molecule has 0 aromatic heterocycles. The molecule has 29 heavy (non-hydrogen) atoms. The zero-order valence-corrected chi connectivity index (χ0v) is 15.5. The summed E-state index contributed by atoms with van der Waals surface area (Å²) in [6.07, 6.45) is 0. The summed E-state index contributed by atoms with van der Waals surface area (Å²) in [6.45, 7) is 0.982. The van der Waals surface area contributed by atoms with Crippen molar-refractivity contribution in [3.63, 3.8) is 0 Å². The van der Waals surface area contributed by atoms with E-state index in [4.69, 9.17) is 4.74 Å². The monoisotopic (exact) mass is 395 g/mol. The van der Waals surface area contributed by atoms with Crippen LogP contribution in [0.1, 0.15) is 17.2 Å². The largest absolute Gasteiger partial charge is 0.492 e. The molecule has 1 unspecified atom stereocenters. The first kappa shape index (κ1) is 19.1. The van der Waals surface area contributed by atoms with Crippen molar-refractivity contribution >= 4 is 5.97 Å². The quantitative estimate of drug-likeness (QED) is 0.699. The van der Waals surface area contributed by atoms with Crippen LogP contribution in [-0.4, -0.2) is 29.1 Å². The third-order valence-electron chi connectivity index (χ3n) is 5.05. The highest BCUT2D eigenvalue weighted by Crippen LogP contribution is 2.35. The number of benzene rings is 3. The van der Waals surface area contributed by atoms with Gasteiger partial charge in [-0.2, -0.15) is 0 Å². The number of nitrogens with zero attached hydrogens (tertiary/aromatic N) is 1. The first-order chi connectivity index (χ1) is 14.0. The second kappa shape index (κ2) is 8.01. The molecule has 1 atom stereocenters. The van der Waals surface area contributed by atoms with E-state index in [1.165, 1.54) is 30.3 Å². The van der Waals surface area contributed by atoms with Crippen molar-refractivity contribution in [2.45, 2.75) is 12.6 Å². The Kier molecular flexibility index (Phi) is 5.27. The standard InChI is InChI=1S/C23H19F2NO3/c24-17-7-5-15(6-8-17)19-4-2-1-3-16(19)14-26-11-12-29-21-10-9-18(25)13-20(21)22(26)23(27)28/h1-10,13,22H,11-12,14H2,(H,27,28). The van der Waals surface area contributed by atoms with Crippen molar-refractivity contribution < 1.29 is 23.4 Å². The summed E-state index contributed by atoms with van der Waals surface area (Å²) in [5.41, 5.74) is 2.92. The molecule has 0 amide bonds. The summed E-state index contributed by atoms with van der Waals surface area (Å²) in [4.78, 5) is 13.9. The van der Waals surface area contributed by atoms with Crippen molar-refractivity contribution in [2.75, 3.05) is 13.2 Å². The van der Waals surface area contributed by atoms with Crippen LogP contribution in [-0.2, 0) is 11.3 Å². The molecule has 0 radical (unpaired) electrons. The van der Waals surface area contributed by atoms with Crippen molar-refractivity contribution in [1.82, 2.24) is 4.90 Å². The molecule has 4 nitrogen and oxygen atoms in total. The van der Waals surface area contributed by atoms with Gasteiger partial charge in [-0.1, -0.05) is 36.4 Å². The number of rotatable bonds is 4. The van der Waals surface area contributed by atoms with E-state index in [-0.39, 0.29) is 5.82 Å². The molecule has 0 spiro atoms. The Morgan fingerprint density at radius 2 is 1.76 bits per heavy atom. The van der Waals surface area contributed by atoms with Gasteiger partial charge in [0.05, 0.1) is 0 Å². The summed E-state index contributed by atoms with van der Waals surface area (Å²) >= 11 is 0. The summed E-state index contributed by atoms with van der Waals surface area (Å²) in [5.74, 6) is -1.51. The van der Waals surface area contributed by atoms with Gasteiger partial charge in [-0.3, -0.25) is 9.69 Å². The smallest absolute Gasteiger partial charge is 0.325 e. The molecule has 0 bridgehead atoms. The van der Waals surface area contributed by atoms with Gasteiger partial charge in [-0.25, -0.2) is 8.78 Å². The normalized spacial score (nSPS) is 16.6. The van der Waals surface area contributed by atoms with E-state index in [0.717, 1.165) is 16.7 Å². The Hall–Kier alpha value is -3.25. The van der Waals surface area contributed by atoms with Crippen molar-refractivity contribution in [3.8, 4) is 16.9 Å². The van der Waals surface area contributed by atoms with Gasteiger partial charge < -0.3 is 9.84 Å². The number of hydrogen-bond donors (Lipinski definition) is 1.